The highest BCUT2D eigenvalue weighted by Crippen LogP contribution is 2.05. The summed E-state index contributed by atoms with van der Waals surface area (Å²) in [4.78, 5) is 0. The van der Waals surface area contributed by atoms with Crippen molar-refractivity contribution < 1.29 is 4.74 Å². The van der Waals surface area contributed by atoms with Gasteiger partial charge in [-0.3, -0.25) is 0 Å². The molecule has 0 aliphatic rings. The highest BCUT2D eigenvalue weighted by atomic mass is 16.5. The first-order valence-corrected chi connectivity index (χ1v) is 5.99. The van der Waals surface area contributed by atoms with Crippen molar-refractivity contribution in [3.8, 4) is 11.8 Å². The molecule has 0 saturated heterocycles. The second kappa shape index (κ2) is 16.3. The number of methoxy groups -OCH3 is 1. The van der Waals surface area contributed by atoms with Gasteiger partial charge in [-0.25, -0.2) is 0 Å². The fourth-order valence-corrected chi connectivity index (χ4v) is 0.558. The summed E-state index contributed by atoms with van der Waals surface area (Å²) in [7, 11) is 1.61. The van der Waals surface area contributed by atoms with Crippen LogP contribution in [0.4, 0.5) is 0 Å². The van der Waals surface area contributed by atoms with E-state index in [0.29, 0.717) is 11.7 Å². The van der Waals surface area contributed by atoms with Gasteiger partial charge in [-0.1, -0.05) is 60.0 Å². The van der Waals surface area contributed by atoms with Gasteiger partial charge in [0.1, 0.15) is 5.76 Å². The Kier molecular flexibility index (Phi) is 20.6. The SMILES string of the molecule is C=C(OC)/C(C)=C\C#CC(C)C.CC.CC. The Bertz CT molecular complexity index is 236. The molecule has 0 spiro atoms. The van der Waals surface area contributed by atoms with Crippen LogP contribution in [0.15, 0.2) is 24.0 Å². The second-order valence-electron chi connectivity index (χ2n) is 2.90. The molecule has 16 heavy (non-hydrogen) atoms. The second-order valence-corrected chi connectivity index (χ2v) is 2.90. The topological polar surface area (TPSA) is 9.23 Å². The Morgan fingerprint density at radius 2 is 1.62 bits per heavy atom. The van der Waals surface area contributed by atoms with Crippen molar-refractivity contribution in [2.75, 3.05) is 7.11 Å². The summed E-state index contributed by atoms with van der Waals surface area (Å²) >= 11 is 0. The highest BCUT2D eigenvalue weighted by Gasteiger charge is 1.91. The van der Waals surface area contributed by atoms with Crippen molar-refractivity contribution in [2.45, 2.75) is 48.5 Å². The molecule has 94 valence electrons. The van der Waals surface area contributed by atoms with Gasteiger partial charge in [0.25, 0.3) is 0 Å². The van der Waals surface area contributed by atoms with Gasteiger partial charge in [-0.05, 0) is 18.6 Å². The molecule has 0 rings (SSSR count). The highest BCUT2D eigenvalue weighted by molar-refractivity contribution is 5.30. The molecule has 0 aliphatic carbocycles. The van der Waals surface area contributed by atoms with E-state index in [9.17, 15) is 0 Å². The molecule has 0 saturated carbocycles. The van der Waals surface area contributed by atoms with Crippen LogP contribution in [0.25, 0.3) is 0 Å². The van der Waals surface area contributed by atoms with E-state index >= 15 is 0 Å². The number of hydrogen-bond donors (Lipinski definition) is 0. The van der Waals surface area contributed by atoms with Gasteiger partial charge < -0.3 is 4.74 Å². The van der Waals surface area contributed by atoms with E-state index in [4.69, 9.17) is 4.74 Å². The summed E-state index contributed by atoms with van der Waals surface area (Å²) < 4.78 is 4.94. The molecule has 0 atom stereocenters. The molecule has 0 amide bonds. The first-order chi connectivity index (χ1) is 7.57. The van der Waals surface area contributed by atoms with E-state index in [2.05, 4.69) is 32.3 Å². The Morgan fingerprint density at radius 1 is 1.19 bits per heavy atom. The molecule has 0 fully saturated rings. The zero-order valence-corrected chi connectivity index (χ0v) is 12.3. The monoisotopic (exact) mass is 224 g/mol. The third-order valence-electron chi connectivity index (χ3n) is 1.35. The van der Waals surface area contributed by atoms with Crippen molar-refractivity contribution in [2.24, 2.45) is 5.92 Å². The van der Waals surface area contributed by atoms with Gasteiger partial charge in [0.2, 0.25) is 0 Å². The van der Waals surface area contributed by atoms with E-state index in [1.54, 1.807) is 7.11 Å². The molecule has 0 N–H and O–H groups in total. The maximum Gasteiger partial charge on any atom is 0.115 e. The van der Waals surface area contributed by atoms with Crippen LogP contribution >= 0.6 is 0 Å². The van der Waals surface area contributed by atoms with Crippen molar-refractivity contribution >= 4 is 0 Å². The van der Waals surface area contributed by atoms with Crippen molar-refractivity contribution in [1.29, 1.82) is 0 Å². The molecule has 0 aromatic rings. The number of rotatable bonds is 2. The normalized spacial score (nSPS) is 8.69. The van der Waals surface area contributed by atoms with Gasteiger partial charge in [-0.2, -0.15) is 0 Å². The molecule has 0 aliphatic heterocycles. The summed E-state index contributed by atoms with van der Waals surface area (Å²) in [5.74, 6) is 7.06. The summed E-state index contributed by atoms with van der Waals surface area (Å²) in [6.45, 7) is 17.8. The minimum atomic E-state index is 0.407. The Morgan fingerprint density at radius 3 is 1.94 bits per heavy atom. The molecular weight excluding hydrogens is 196 g/mol. The first-order valence-electron chi connectivity index (χ1n) is 5.99. The first kappa shape index (κ1) is 20.3. The Balaban J connectivity index is -0.000000376. The van der Waals surface area contributed by atoms with Gasteiger partial charge in [0.15, 0.2) is 0 Å². The average molecular weight is 224 g/mol. The van der Waals surface area contributed by atoms with Crippen molar-refractivity contribution in [3.05, 3.63) is 24.0 Å². The maximum absolute atomic E-state index is 4.94. The molecule has 0 aromatic carbocycles. The summed E-state index contributed by atoms with van der Waals surface area (Å²) in [5.41, 5.74) is 0.977. The largest absolute Gasteiger partial charge is 0.497 e. The predicted octanol–water partition coefficient (Wildman–Crippen LogP) is 4.80. The van der Waals surface area contributed by atoms with Crippen LogP contribution in [0, 0.1) is 17.8 Å². The van der Waals surface area contributed by atoms with Crippen molar-refractivity contribution in [3.63, 3.8) is 0 Å². The zero-order valence-electron chi connectivity index (χ0n) is 12.3. The average Bonchev–Trinajstić information content (AvgIpc) is 2.32. The van der Waals surface area contributed by atoms with Crippen LogP contribution in [-0.2, 0) is 4.74 Å². The predicted molar refractivity (Wildman–Crippen MR) is 75.2 cm³/mol. The third kappa shape index (κ3) is 15.3. The lowest BCUT2D eigenvalue weighted by atomic mass is 10.2. The fourth-order valence-electron chi connectivity index (χ4n) is 0.558. The van der Waals surface area contributed by atoms with E-state index in [1.165, 1.54) is 0 Å². The standard InChI is InChI=1S/C11H16O.2C2H6/c1-9(2)7-6-8-10(3)11(4)12-5;2*1-2/h8-9H,4H2,1-3,5H3;2*1-2H3/b10-8-;;. The molecule has 0 aromatic heterocycles. The summed E-state index contributed by atoms with van der Waals surface area (Å²) in [6, 6.07) is 0. The van der Waals surface area contributed by atoms with Gasteiger partial charge in [-0.15, -0.1) is 0 Å². The van der Waals surface area contributed by atoms with Crippen LogP contribution < -0.4 is 0 Å². The van der Waals surface area contributed by atoms with Crippen LogP contribution in [0.2, 0.25) is 0 Å². The maximum atomic E-state index is 4.94. The van der Waals surface area contributed by atoms with E-state index in [0.717, 1.165) is 5.57 Å². The fraction of sp³-hybridized carbons (Fsp3) is 0.600. The molecule has 0 radical (unpaired) electrons. The van der Waals surface area contributed by atoms with Crippen LogP contribution in [0.3, 0.4) is 0 Å². The molecule has 0 heterocycles. The molecule has 0 unspecified atom stereocenters. The number of allylic oxidation sites excluding steroid dienone is 2. The van der Waals surface area contributed by atoms with Crippen LogP contribution in [0.5, 0.6) is 0 Å². The third-order valence-corrected chi connectivity index (χ3v) is 1.35. The lowest BCUT2D eigenvalue weighted by Crippen LogP contribution is -1.85. The zero-order chi connectivity index (χ0) is 13.6. The summed E-state index contributed by atoms with van der Waals surface area (Å²) in [5, 5.41) is 0. The number of hydrogen-bond acceptors (Lipinski definition) is 1. The molecule has 0 bridgehead atoms. The van der Waals surface area contributed by atoms with Crippen molar-refractivity contribution in [1.82, 2.24) is 0 Å². The minimum Gasteiger partial charge on any atom is -0.497 e. The molecular formula is C15H28O. The quantitative estimate of drug-likeness (QED) is 0.372. The Labute approximate surface area is 103 Å². The Hall–Kier alpha value is -1.16. The van der Waals surface area contributed by atoms with Gasteiger partial charge in [0, 0.05) is 5.92 Å². The molecule has 1 heteroatoms. The van der Waals surface area contributed by atoms with Gasteiger partial charge >= 0.3 is 0 Å². The molecule has 1 nitrogen and oxygen atoms in total. The smallest absolute Gasteiger partial charge is 0.115 e. The number of ether oxygens (including phenoxy) is 1. The van der Waals surface area contributed by atoms with E-state index in [-0.39, 0.29) is 0 Å². The van der Waals surface area contributed by atoms with Crippen LogP contribution in [0.1, 0.15) is 48.5 Å². The van der Waals surface area contributed by atoms with E-state index < -0.39 is 0 Å². The minimum absolute atomic E-state index is 0.407. The van der Waals surface area contributed by atoms with Gasteiger partial charge in [0.05, 0.1) is 7.11 Å². The lowest BCUT2D eigenvalue weighted by Gasteiger charge is -2.00. The van der Waals surface area contributed by atoms with Crippen LogP contribution in [-0.4, -0.2) is 7.11 Å². The van der Waals surface area contributed by atoms with E-state index in [1.807, 2.05) is 40.7 Å². The lowest BCUT2D eigenvalue weighted by molar-refractivity contribution is 0.303. The summed E-state index contributed by atoms with van der Waals surface area (Å²) in [6.07, 6.45) is 1.83.